The number of rotatable bonds is 1. The molecule has 0 atom stereocenters. The van der Waals surface area contributed by atoms with Gasteiger partial charge in [-0.25, -0.2) is 0 Å². The second kappa shape index (κ2) is 3.66. The second-order valence-corrected chi connectivity index (χ2v) is 4.38. The molecule has 0 aliphatic carbocycles. The summed E-state index contributed by atoms with van der Waals surface area (Å²) in [6, 6.07) is 0. The van der Waals surface area contributed by atoms with Gasteiger partial charge in [0, 0.05) is 30.7 Å². The number of piperidine rings is 1. The topological polar surface area (TPSA) is 72.0 Å². The van der Waals surface area contributed by atoms with Gasteiger partial charge < -0.3 is 0 Å². The average Bonchev–Trinajstić information content (AvgIpc) is 2.15. The zero-order valence-corrected chi connectivity index (χ0v) is 9.28. The molecule has 1 aromatic heterocycles. The zero-order valence-electron chi connectivity index (χ0n) is 9.28. The van der Waals surface area contributed by atoms with Gasteiger partial charge in [0.15, 0.2) is 0 Å². The maximum atomic E-state index is 11.4. The van der Waals surface area contributed by atoms with Gasteiger partial charge in [0.05, 0.1) is 11.4 Å². The van der Waals surface area contributed by atoms with Crippen molar-refractivity contribution in [2.24, 2.45) is 0 Å². The van der Waals surface area contributed by atoms with Crippen LogP contribution >= 0.6 is 0 Å². The van der Waals surface area contributed by atoms with E-state index >= 15 is 0 Å². The molecule has 1 fully saturated rings. The van der Waals surface area contributed by atoms with Gasteiger partial charge in [-0.1, -0.05) is 6.92 Å². The molecule has 0 spiro atoms. The van der Waals surface area contributed by atoms with Crippen molar-refractivity contribution in [3.63, 3.8) is 0 Å². The van der Waals surface area contributed by atoms with Crippen molar-refractivity contribution in [2.45, 2.75) is 32.1 Å². The highest BCUT2D eigenvalue weighted by Crippen LogP contribution is 2.33. The molecular formula is C11H13N3O2. The number of hydrogen-bond acceptors (Lipinski definition) is 4. The lowest BCUT2D eigenvalue weighted by atomic mass is 9.76. The third-order valence-corrected chi connectivity index (χ3v) is 2.83. The molecule has 1 aliphatic heterocycles. The van der Waals surface area contributed by atoms with Gasteiger partial charge in [0.25, 0.3) is 0 Å². The van der Waals surface area contributed by atoms with E-state index in [0.717, 1.165) is 11.4 Å². The predicted octanol–water partition coefficient (Wildman–Crippen LogP) is 0.479. The van der Waals surface area contributed by atoms with E-state index in [2.05, 4.69) is 15.3 Å². The molecule has 84 valence electrons. The smallest absolute Gasteiger partial charge is 0.227 e. The number of hydrogen-bond donors (Lipinski definition) is 1. The van der Waals surface area contributed by atoms with Crippen molar-refractivity contribution in [3.8, 4) is 0 Å². The number of nitrogens with zero attached hydrogens (tertiary/aromatic N) is 2. The van der Waals surface area contributed by atoms with Crippen LogP contribution in [0.4, 0.5) is 0 Å². The Kier molecular flexibility index (Phi) is 2.46. The number of nitrogens with one attached hydrogen (secondary N) is 1. The van der Waals surface area contributed by atoms with E-state index in [-0.39, 0.29) is 24.7 Å². The van der Waals surface area contributed by atoms with Crippen LogP contribution in [0.25, 0.3) is 0 Å². The molecule has 5 nitrogen and oxygen atoms in total. The molecule has 0 aromatic carbocycles. The minimum atomic E-state index is -0.530. The van der Waals surface area contributed by atoms with Crippen molar-refractivity contribution in [1.82, 2.24) is 15.3 Å². The number of carbonyl (C=O) groups excluding carboxylic acids is 2. The fourth-order valence-corrected chi connectivity index (χ4v) is 2.18. The van der Waals surface area contributed by atoms with Crippen LogP contribution in [0.1, 0.15) is 31.2 Å². The summed E-state index contributed by atoms with van der Waals surface area (Å²) in [4.78, 5) is 31.2. The SMILES string of the molecule is Cc1nccnc1C1(C)CC(=O)NC(=O)C1. The zero-order chi connectivity index (χ0) is 11.8. The summed E-state index contributed by atoms with van der Waals surface area (Å²) >= 11 is 0. The van der Waals surface area contributed by atoms with Crippen LogP contribution in [0.5, 0.6) is 0 Å². The Morgan fingerprint density at radius 2 is 1.75 bits per heavy atom. The first-order chi connectivity index (χ1) is 7.51. The lowest BCUT2D eigenvalue weighted by Crippen LogP contribution is -2.46. The van der Waals surface area contributed by atoms with Gasteiger partial charge in [-0.2, -0.15) is 0 Å². The molecule has 16 heavy (non-hydrogen) atoms. The number of imide groups is 1. The quantitative estimate of drug-likeness (QED) is 0.697. The number of amides is 2. The van der Waals surface area contributed by atoms with Crippen LogP contribution in [0.3, 0.4) is 0 Å². The van der Waals surface area contributed by atoms with Crippen LogP contribution in [0.2, 0.25) is 0 Å². The van der Waals surface area contributed by atoms with E-state index in [1.54, 1.807) is 12.4 Å². The standard InChI is InChI=1S/C11H13N3O2/c1-7-10(13-4-3-12-7)11(2)5-8(15)14-9(16)6-11/h3-4H,5-6H2,1-2H3,(H,14,15,16). The molecule has 1 aromatic rings. The third-order valence-electron chi connectivity index (χ3n) is 2.83. The lowest BCUT2D eigenvalue weighted by Gasteiger charge is -2.32. The number of aryl methyl sites for hydroxylation is 1. The van der Waals surface area contributed by atoms with E-state index in [9.17, 15) is 9.59 Å². The van der Waals surface area contributed by atoms with Crippen molar-refractivity contribution >= 4 is 11.8 Å². The highest BCUT2D eigenvalue weighted by molar-refractivity contribution is 5.99. The predicted molar refractivity (Wildman–Crippen MR) is 56.5 cm³/mol. The first-order valence-corrected chi connectivity index (χ1v) is 5.12. The Bertz CT molecular complexity index is 440. The van der Waals surface area contributed by atoms with E-state index in [1.165, 1.54) is 0 Å². The summed E-state index contributed by atoms with van der Waals surface area (Å²) in [5.41, 5.74) is 0.975. The van der Waals surface area contributed by atoms with Gasteiger partial charge in [-0.15, -0.1) is 0 Å². The molecule has 2 heterocycles. The van der Waals surface area contributed by atoms with Gasteiger partial charge in [-0.05, 0) is 6.92 Å². The molecule has 5 heteroatoms. The molecule has 1 N–H and O–H groups in total. The Morgan fingerprint density at radius 1 is 1.19 bits per heavy atom. The van der Waals surface area contributed by atoms with Crippen molar-refractivity contribution in [2.75, 3.05) is 0 Å². The Balaban J connectivity index is 2.42. The van der Waals surface area contributed by atoms with E-state index in [4.69, 9.17) is 0 Å². The maximum absolute atomic E-state index is 11.4. The minimum absolute atomic E-state index is 0.246. The second-order valence-electron chi connectivity index (χ2n) is 4.38. The summed E-state index contributed by atoms with van der Waals surface area (Å²) in [6.45, 7) is 3.71. The highest BCUT2D eigenvalue weighted by Gasteiger charge is 2.39. The van der Waals surface area contributed by atoms with Crippen molar-refractivity contribution in [3.05, 3.63) is 23.8 Å². The summed E-state index contributed by atoms with van der Waals surface area (Å²) in [5, 5.41) is 2.30. The molecule has 0 saturated carbocycles. The maximum Gasteiger partial charge on any atom is 0.227 e. The van der Waals surface area contributed by atoms with E-state index in [1.807, 2.05) is 13.8 Å². The van der Waals surface area contributed by atoms with Gasteiger partial charge >= 0.3 is 0 Å². The molecule has 0 bridgehead atoms. The van der Waals surface area contributed by atoms with Crippen molar-refractivity contribution in [1.29, 1.82) is 0 Å². The van der Waals surface area contributed by atoms with Gasteiger partial charge in [-0.3, -0.25) is 24.9 Å². The molecule has 1 aliphatic rings. The molecule has 0 unspecified atom stereocenters. The molecule has 1 saturated heterocycles. The van der Waals surface area contributed by atoms with Crippen LogP contribution in [0, 0.1) is 6.92 Å². The van der Waals surface area contributed by atoms with E-state index in [0.29, 0.717) is 0 Å². The fourth-order valence-electron chi connectivity index (χ4n) is 2.18. The Hall–Kier alpha value is -1.78. The summed E-state index contributed by atoms with van der Waals surface area (Å²) < 4.78 is 0. The summed E-state index contributed by atoms with van der Waals surface area (Å²) in [5.74, 6) is -0.493. The fraction of sp³-hybridized carbons (Fsp3) is 0.455. The van der Waals surface area contributed by atoms with Crippen LogP contribution in [-0.4, -0.2) is 21.8 Å². The van der Waals surface area contributed by atoms with Crippen LogP contribution < -0.4 is 5.32 Å². The third kappa shape index (κ3) is 1.80. The number of aromatic nitrogens is 2. The normalized spacial score (nSPS) is 19.4. The van der Waals surface area contributed by atoms with Crippen LogP contribution in [-0.2, 0) is 15.0 Å². The minimum Gasteiger partial charge on any atom is -0.296 e. The Morgan fingerprint density at radius 3 is 2.31 bits per heavy atom. The van der Waals surface area contributed by atoms with Crippen molar-refractivity contribution < 1.29 is 9.59 Å². The van der Waals surface area contributed by atoms with Gasteiger partial charge in [0.2, 0.25) is 11.8 Å². The largest absolute Gasteiger partial charge is 0.296 e. The number of carbonyl (C=O) groups is 2. The lowest BCUT2D eigenvalue weighted by molar-refractivity contribution is -0.135. The summed E-state index contributed by atoms with van der Waals surface area (Å²) in [6.07, 6.45) is 3.74. The summed E-state index contributed by atoms with van der Waals surface area (Å²) in [7, 11) is 0. The molecule has 2 amide bonds. The molecular weight excluding hydrogens is 206 g/mol. The van der Waals surface area contributed by atoms with Crippen LogP contribution in [0.15, 0.2) is 12.4 Å². The monoisotopic (exact) mass is 219 g/mol. The molecule has 2 rings (SSSR count). The first kappa shape index (κ1) is 10.7. The molecule has 0 radical (unpaired) electrons. The van der Waals surface area contributed by atoms with E-state index < -0.39 is 5.41 Å². The Labute approximate surface area is 93.3 Å². The highest BCUT2D eigenvalue weighted by atomic mass is 16.2. The average molecular weight is 219 g/mol. The first-order valence-electron chi connectivity index (χ1n) is 5.12. The van der Waals surface area contributed by atoms with Gasteiger partial charge in [0.1, 0.15) is 0 Å².